The van der Waals surface area contributed by atoms with Crippen LogP contribution in [0.15, 0.2) is 57.9 Å². The molecule has 1 amide bonds. The van der Waals surface area contributed by atoms with Crippen molar-refractivity contribution in [2.75, 3.05) is 25.5 Å². The minimum Gasteiger partial charge on any atom is -0.495 e. The van der Waals surface area contributed by atoms with Crippen molar-refractivity contribution < 1.29 is 22.5 Å². The lowest BCUT2D eigenvalue weighted by atomic mass is 10.2. The van der Waals surface area contributed by atoms with Crippen molar-refractivity contribution in [2.24, 2.45) is 0 Å². The van der Waals surface area contributed by atoms with Crippen molar-refractivity contribution in [1.82, 2.24) is 15.0 Å². The Balaban J connectivity index is 1.77. The number of aryl methyl sites for hydroxylation is 1. The number of nitrogens with zero attached hydrogens (tertiary/aromatic N) is 4. The molecule has 0 fully saturated rings. The second kappa shape index (κ2) is 9.17. The number of rotatable bonds is 8. The van der Waals surface area contributed by atoms with E-state index in [-0.39, 0.29) is 17.3 Å². The Morgan fingerprint density at radius 1 is 1.10 bits per heavy atom. The molecule has 0 saturated carbocycles. The average Bonchev–Trinajstić information content (AvgIpc) is 3.25. The van der Waals surface area contributed by atoms with Crippen molar-refractivity contribution in [3.63, 3.8) is 0 Å². The number of carbonyl (C=O) groups excluding carboxylic acids is 1. The predicted octanol–water partition coefficient (Wildman–Crippen LogP) is 2.74. The van der Waals surface area contributed by atoms with Crippen LogP contribution in [-0.2, 0) is 23.0 Å². The maximum absolute atomic E-state index is 13.0. The number of methoxy groups -OCH3 is 1. The molecule has 0 atom stereocenters. The van der Waals surface area contributed by atoms with Gasteiger partial charge in [-0.25, -0.2) is 8.42 Å². The highest BCUT2D eigenvalue weighted by atomic mass is 32.2. The largest absolute Gasteiger partial charge is 0.495 e. The molecular weight excluding hydrogens is 420 g/mol. The van der Waals surface area contributed by atoms with Gasteiger partial charge in [-0.3, -0.25) is 9.10 Å². The average molecular weight is 445 g/mol. The van der Waals surface area contributed by atoms with Gasteiger partial charge in [0, 0.05) is 26.1 Å². The Morgan fingerprint density at radius 2 is 1.77 bits per heavy atom. The maximum atomic E-state index is 13.0. The first-order chi connectivity index (χ1) is 14.8. The summed E-state index contributed by atoms with van der Waals surface area (Å²) < 4.78 is 37.6. The molecule has 10 heteroatoms. The fourth-order valence-corrected chi connectivity index (χ4v) is 4.15. The number of ether oxygens (including phenoxy) is 1. The maximum Gasteiger partial charge on any atom is 0.264 e. The lowest BCUT2D eigenvalue weighted by Crippen LogP contribution is -2.28. The minimum absolute atomic E-state index is 0.0598. The molecule has 0 N–H and O–H groups in total. The zero-order valence-electron chi connectivity index (χ0n) is 17.8. The third-order valence-electron chi connectivity index (χ3n) is 4.73. The molecule has 31 heavy (non-hydrogen) atoms. The number of hydrogen-bond acceptors (Lipinski definition) is 7. The molecule has 1 heterocycles. The summed E-state index contributed by atoms with van der Waals surface area (Å²) >= 11 is 0. The van der Waals surface area contributed by atoms with E-state index in [1.165, 1.54) is 43.3 Å². The molecule has 3 rings (SSSR count). The fourth-order valence-electron chi connectivity index (χ4n) is 2.94. The van der Waals surface area contributed by atoms with E-state index in [1.807, 2.05) is 6.92 Å². The highest BCUT2D eigenvalue weighted by molar-refractivity contribution is 7.92. The predicted molar refractivity (Wildman–Crippen MR) is 114 cm³/mol. The molecule has 3 aromatic rings. The van der Waals surface area contributed by atoms with Crippen LogP contribution in [0.1, 0.15) is 29.0 Å². The normalized spacial score (nSPS) is 11.2. The second-order valence-electron chi connectivity index (χ2n) is 6.79. The molecule has 1 aromatic heterocycles. The molecule has 0 aliphatic carbocycles. The first-order valence-corrected chi connectivity index (χ1v) is 11.0. The van der Waals surface area contributed by atoms with Gasteiger partial charge in [0.05, 0.1) is 24.2 Å². The van der Waals surface area contributed by atoms with E-state index >= 15 is 0 Å². The molecule has 0 aliphatic heterocycles. The van der Waals surface area contributed by atoms with Crippen LogP contribution in [0.5, 0.6) is 5.75 Å². The second-order valence-corrected chi connectivity index (χ2v) is 8.76. The number of benzene rings is 2. The van der Waals surface area contributed by atoms with Crippen molar-refractivity contribution >= 4 is 21.6 Å². The highest BCUT2D eigenvalue weighted by Gasteiger charge is 2.24. The number of carbonyl (C=O) groups is 1. The smallest absolute Gasteiger partial charge is 0.264 e. The molecule has 2 aromatic carbocycles. The van der Waals surface area contributed by atoms with Crippen LogP contribution in [-0.4, -0.2) is 50.6 Å². The third kappa shape index (κ3) is 4.69. The van der Waals surface area contributed by atoms with Gasteiger partial charge in [-0.1, -0.05) is 24.2 Å². The number of sulfonamides is 1. The molecule has 0 radical (unpaired) electrons. The number of aromatic nitrogens is 2. The fraction of sp³-hybridized carbons (Fsp3) is 0.286. The summed E-state index contributed by atoms with van der Waals surface area (Å²) in [5, 5.41) is 3.81. The van der Waals surface area contributed by atoms with E-state index in [0.29, 0.717) is 35.1 Å². The van der Waals surface area contributed by atoms with E-state index in [4.69, 9.17) is 9.26 Å². The van der Waals surface area contributed by atoms with Crippen LogP contribution in [0.25, 0.3) is 0 Å². The van der Waals surface area contributed by atoms with Gasteiger partial charge < -0.3 is 14.2 Å². The Bertz CT molecular complexity index is 1160. The minimum atomic E-state index is -3.84. The summed E-state index contributed by atoms with van der Waals surface area (Å²) in [5.41, 5.74) is 0.757. The van der Waals surface area contributed by atoms with Crippen molar-refractivity contribution in [2.45, 2.75) is 24.8 Å². The van der Waals surface area contributed by atoms with Crippen LogP contribution in [0.2, 0.25) is 0 Å². The van der Waals surface area contributed by atoms with Gasteiger partial charge in [0.1, 0.15) is 5.75 Å². The molecular formula is C21H24N4O5S. The SMILES string of the molecule is CCc1noc(CN(C)C(=O)c2ccc(S(=O)(=O)N(C)c3ccccc3OC)cc2)n1. The van der Waals surface area contributed by atoms with Gasteiger partial charge in [0.25, 0.3) is 15.9 Å². The zero-order chi connectivity index (χ0) is 22.6. The summed E-state index contributed by atoms with van der Waals surface area (Å²) in [7, 11) is 0.702. The van der Waals surface area contributed by atoms with Crippen LogP contribution >= 0.6 is 0 Å². The first-order valence-electron chi connectivity index (χ1n) is 9.56. The van der Waals surface area contributed by atoms with Gasteiger partial charge in [-0.2, -0.15) is 4.98 Å². The van der Waals surface area contributed by atoms with Crippen LogP contribution in [0.3, 0.4) is 0 Å². The Morgan fingerprint density at radius 3 is 2.39 bits per heavy atom. The molecule has 0 spiro atoms. The topological polar surface area (TPSA) is 106 Å². The molecule has 9 nitrogen and oxygen atoms in total. The van der Waals surface area contributed by atoms with E-state index < -0.39 is 10.0 Å². The van der Waals surface area contributed by atoms with E-state index in [1.54, 1.807) is 31.3 Å². The quantitative estimate of drug-likeness (QED) is 0.526. The van der Waals surface area contributed by atoms with E-state index in [0.717, 1.165) is 4.31 Å². The summed E-state index contributed by atoms with van der Waals surface area (Å²) in [6.45, 7) is 2.06. The van der Waals surface area contributed by atoms with E-state index in [9.17, 15) is 13.2 Å². The molecule has 0 saturated heterocycles. The van der Waals surface area contributed by atoms with Gasteiger partial charge in [0.15, 0.2) is 5.82 Å². The van der Waals surface area contributed by atoms with Gasteiger partial charge in [-0.15, -0.1) is 0 Å². The van der Waals surface area contributed by atoms with Crippen LogP contribution in [0.4, 0.5) is 5.69 Å². The van der Waals surface area contributed by atoms with Crippen molar-refractivity contribution in [1.29, 1.82) is 0 Å². The highest BCUT2D eigenvalue weighted by Crippen LogP contribution is 2.30. The molecule has 164 valence electrons. The third-order valence-corrected chi connectivity index (χ3v) is 6.52. The van der Waals surface area contributed by atoms with Gasteiger partial charge >= 0.3 is 0 Å². The van der Waals surface area contributed by atoms with Crippen LogP contribution < -0.4 is 9.04 Å². The van der Waals surface area contributed by atoms with Gasteiger partial charge in [0.2, 0.25) is 5.89 Å². The van der Waals surface area contributed by atoms with Gasteiger partial charge in [-0.05, 0) is 36.4 Å². The van der Waals surface area contributed by atoms with Crippen molar-refractivity contribution in [3.05, 3.63) is 65.8 Å². The summed E-state index contributed by atoms with van der Waals surface area (Å²) in [4.78, 5) is 18.4. The Kier molecular flexibility index (Phi) is 6.59. The summed E-state index contributed by atoms with van der Waals surface area (Å²) in [5.74, 6) is 1.06. The Labute approximate surface area is 181 Å². The summed E-state index contributed by atoms with van der Waals surface area (Å²) in [6, 6.07) is 12.6. The van der Waals surface area contributed by atoms with Crippen molar-refractivity contribution in [3.8, 4) is 5.75 Å². The standard InChI is InChI=1S/C21H24N4O5S/c1-5-19-22-20(30-23-19)14-24(2)21(26)15-10-12-16(13-11-15)31(27,28)25(3)17-8-6-7-9-18(17)29-4/h6-13H,5,14H2,1-4H3. The molecule has 0 bridgehead atoms. The Hall–Kier alpha value is -3.40. The molecule has 0 aliphatic rings. The lowest BCUT2D eigenvalue weighted by molar-refractivity contribution is 0.0769. The lowest BCUT2D eigenvalue weighted by Gasteiger charge is -2.22. The number of para-hydroxylation sites is 2. The zero-order valence-corrected chi connectivity index (χ0v) is 18.6. The van der Waals surface area contributed by atoms with E-state index in [2.05, 4.69) is 10.1 Å². The number of hydrogen-bond donors (Lipinski definition) is 0. The summed E-state index contributed by atoms with van der Waals surface area (Å²) in [6.07, 6.45) is 0.639. The first kappa shape index (κ1) is 22.3. The molecule has 0 unspecified atom stereocenters. The number of anilines is 1. The van der Waals surface area contributed by atoms with Crippen LogP contribution in [0, 0.1) is 0 Å². The number of amides is 1. The monoisotopic (exact) mass is 444 g/mol.